The number of hydrogen-bond acceptors (Lipinski definition) is 1. The first-order valence-electron chi connectivity index (χ1n) is 9.49. The fourth-order valence-corrected chi connectivity index (χ4v) is 4.42. The van der Waals surface area contributed by atoms with Crippen molar-refractivity contribution < 1.29 is 4.74 Å². The number of rotatable bonds is 7. The van der Waals surface area contributed by atoms with Crippen molar-refractivity contribution in [3.05, 3.63) is 12.7 Å². The summed E-state index contributed by atoms with van der Waals surface area (Å²) in [5.74, 6) is 3.01. The van der Waals surface area contributed by atoms with Gasteiger partial charge in [-0.15, -0.1) is 6.58 Å². The maximum Gasteiger partial charge on any atom is 0.0579 e. The number of allylic oxidation sites excluding steroid dienone is 1. The van der Waals surface area contributed by atoms with Crippen molar-refractivity contribution in [3.8, 4) is 0 Å². The third-order valence-corrected chi connectivity index (χ3v) is 6.06. The van der Waals surface area contributed by atoms with Gasteiger partial charge in [-0.25, -0.2) is 0 Å². The van der Waals surface area contributed by atoms with E-state index < -0.39 is 0 Å². The van der Waals surface area contributed by atoms with E-state index in [1.165, 1.54) is 64.2 Å². The lowest BCUT2D eigenvalue weighted by atomic mass is 9.70. The van der Waals surface area contributed by atoms with Crippen LogP contribution < -0.4 is 0 Å². The molecule has 2 fully saturated rings. The molecule has 0 aromatic carbocycles. The van der Waals surface area contributed by atoms with Gasteiger partial charge < -0.3 is 4.74 Å². The van der Waals surface area contributed by atoms with Gasteiger partial charge in [0.25, 0.3) is 0 Å². The Balaban J connectivity index is 1.65. The molecule has 2 aliphatic carbocycles. The third-order valence-electron chi connectivity index (χ3n) is 6.06. The van der Waals surface area contributed by atoms with Gasteiger partial charge in [-0.3, -0.25) is 0 Å². The summed E-state index contributed by atoms with van der Waals surface area (Å²) in [4.78, 5) is 0. The van der Waals surface area contributed by atoms with Crippen LogP contribution in [0.2, 0.25) is 0 Å². The van der Waals surface area contributed by atoms with Crippen LogP contribution >= 0.6 is 0 Å². The van der Waals surface area contributed by atoms with E-state index >= 15 is 0 Å². The lowest BCUT2D eigenvalue weighted by Crippen LogP contribution is -2.30. The smallest absolute Gasteiger partial charge is 0.0579 e. The maximum absolute atomic E-state index is 6.13. The van der Waals surface area contributed by atoms with Crippen molar-refractivity contribution in [2.75, 3.05) is 0 Å². The SMILES string of the molecule is C=CCC[C@H]1CC[C@H]([C@H]2CC[C@H](OC(C)CC)CC2)CC1. The lowest BCUT2D eigenvalue weighted by molar-refractivity contribution is -0.0356. The van der Waals surface area contributed by atoms with Gasteiger partial charge in [-0.1, -0.05) is 25.8 Å². The summed E-state index contributed by atoms with van der Waals surface area (Å²) in [5, 5.41) is 0. The molecular formula is C20H36O. The molecule has 1 heteroatoms. The van der Waals surface area contributed by atoms with Gasteiger partial charge in [-0.2, -0.15) is 0 Å². The van der Waals surface area contributed by atoms with Gasteiger partial charge in [0.2, 0.25) is 0 Å². The molecule has 0 radical (unpaired) electrons. The zero-order valence-corrected chi connectivity index (χ0v) is 14.4. The molecule has 0 aromatic heterocycles. The number of hydrogen-bond donors (Lipinski definition) is 0. The molecule has 1 nitrogen and oxygen atoms in total. The summed E-state index contributed by atoms with van der Waals surface area (Å²) < 4.78 is 6.13. The molecule has 2 saturated carbocycles. The molecule has 21 heavy (non-hydrogen) atoms. The first-order chi connectivity index (χ1) is 10.2. The van der Waals surface area contributed by atoms with Crippen molar-refractivity contribution in [3.63, 3.8) is 0 Å². The minimum Gasteiger partial charge on any atom is -0.375 e. The molecule has 2 aliphatic rings. The quantitative estimate of drug-likeness (QED) is 0.513. The van der Waals surface area contributed by atoms with Crippen molar-refractivity contribution >= 4 is 0 Å². The molecule has 0 amide bonds. The minimum absolute atomic E-state index is 0.451. The maximum atomic E-state index is 6.13. The average molecular weight is 293 g/mol. The molecule has 0 aromatic rings. The van der Waals surface area contributed by atoms with Crippen LogP contribution in [0.3, 0.4) is 0 Å². The first-order valence-corrected chi connectivity index (χ1v) is 9.49. The zero-order chi connectivity index (χ0) is 15.1. The van der Waals surface area contributed by atoms with Gasteiger partial charge in [-0.05, 0) is 82.5 Å². The summed E-state index contributed by atoms with van der Waals surface area (Å²) >= 11 is 0. The molecule has 2 rings (SSSR count). The Morgan fingerprint density at radius 1 is 1.00 bits per heavy atom. The Labute approximate surface area is 132 Å². The lowest BCUT2D eigenvalue weighted by Gasteiger charge is -2.38. The normalized spacial score (nSPS) is 35.3. The second kappa shape index (κ2) is 8.98. The summed E-state index contributed by atoms with van der Waals surface area (Å²) in [6, 6.07) is 0. The predicted octanol–water partition coefficient (Wildman–Crippen LogP) is 6.13. The van der Waals surface area contributed by atoms with Crippen molar-refractivity contribution in [2.24, 2.45) is 17.8 Å². The molecule has 0 N–H and O–H groups in total. The van der Waals surface area contributed by atoms with Crippen LogP contribution in [0, 0.1) is 17.8 Å². The summed E-state index contributed by atoms with van der Waals surface area (Å²) in [6.07, 6.45) is 18.2. The molecule has 0 aliphatic heterocycles. The number of ether oxygens (including phenoxy) is 1. The highest BCUT2D eigenvalue weighted by Gasteiger charge is 2.31. The van der Waals surface area contributed by atoms with Crippen LogP contribution in [-0.2, 0) is 4.74 Å². The Bertz CT molecular complexity index is 282. The van der Waals surface area contributed by atoms with Crippen LogP contribution in [0.15, 0.2) is 12.7 Å². The summed E-state index contributed by atoms with van der Waals surface area (Å²) in [6.45, 7) is 8.30. The average Bonchev–Trinajstić information content (AvgIpc) is 2.54. The van der Waals surface area contributed by atoms with Crippen molar-refractivity contribution in [2.45, 2.75) is 96.7 Å². The molecule has 122 valence electrons. The Kier molecular flexibility index (Phi) is 7.29. The van der Waals surface area contributed by atoms with Gasteiger partial charge in [0.05, 0.1) is 12.2 Å². The highest BCUT2D eigenvalue weighted by Crippen LogP contribution is 2.41. The van der Waals surface area contributed by atoms with Crippen LogP contribution in [0.1, 0.15) is 84.5 Å². The fraction of sp³-hybridized carbons (Fsp3) is 0.900. The molecule has 0 heterocycles. The topological polar surface area (TPSA) is 9.23 Å². The standard InChI is InChI=1S/C20H36O/c1-4-6-7-17-8-10-18(11-9-17)19-12-14-20(15-13-19)21-16(3)5-2/h4,16-20H,1,5-15H2,2-3H3/t16?,17-,18-,19-,20-. The fourth-order valence-electron chi connectivity index (χ4n) is 4.42. The molecular weight excluding hydrogens is 256 g/mol. The zero-order valence-electron chi connectivity index (χ0n) is 14.4. The molecule has 1 atom stereocenters. The first kappa shape index (κ1) is 17.1. The van der Waals surface area contributed by atoms with Crippen LogP contribution in [0.4, 0.5) is 0 Å². The van der Waals surface area contributed by atoms with E-state index in [1.54, 1.807) is 0 Å². The van der Waals surface area contributed by atoms with E-state index in [4.69, 9.17) is 4.74 Å². The molecule has 1 unspecified atom stereocenters. The van der Waals surface area contributed by atoms with E-state index in [0.717, 1.165) is 24.2 Å². The molecule has 0 bridgehead atoms. The van der Waals surface area contributed by atoms with Gasteiger partial charge in [0, 0.05) is 0 Å². The Hall–Kier alpha value is -0.300. The van der Waals surface area contributed by atoms with Gasteiger partial charge in [0.15, 0.2) is 0 Å². The van der Waals surface area contributed by atoms with Crippen LogP contribution in [0.25, 0.3) is 0 Å². The second-order valence-electron chi connectivity index (χ2n) is 7.54. The Morgan fingerprint density at radius 3 is 2.10 bits per heavy atom. The molecule has 0 spiro atoms. The van der Waals surface area contributed by atoms with E-state index in [0.29, 0.717) is 12.2 Å². The summed E-state index contributed by atoms with van der Waals surface area (Å²) in [5.41, 5.74) is 0. The highest BCUT2D eigenvalue weighted by atomic mass is 16.5. The van der Waals surface area contributed by atoms with E-state index in [2.05, 4.69) is 26.5 Å². The van der Waals surface area contributed by atoms with Crippen LogP contribution in [-0.4, -0.2) is 12.2 Å². The second-order valence-corrected chi connectivity index (χ2v) is 7.54. The van der Waals surface area contributed by atoms with E-state index in [9.17, 15) is 0 Å². The largest absolute Gasteiger partial charge is 0.375 e. The minimum atomic E-state index is 0.451. The molecule has 0 saturated heterocycles. The van der Waals surface area contributed by atoms with Gasteiger partial charge in [0.1, 0.15) is 0 Å². The van der Waals surface area contributed by atoms with Crippen LogP contribution in [0.5, 0.6) is 0 Å². The third kappa shape index (κ3) is 5.43. The van der Waals surface area contributed by atoms with Crippen molar-refractivity contribution in [1.29, 1.82) is 0 Å². The van der Waals surface area contributed by atoms with Crippen molar-refractivity contribution in [1.82, 2.24) is 0 Å². The Morgan fingerprint density at radius 2 is 1.57 bits per heavy atom. The van der Waals surface area contributed by atoms with E-state index in [1.807, 2.05) is 0 Å². The predicted molar refractivity (Wildman–Crippen MR) is 91.5 cm³/mol. The van der Waals surface area contributed by atoms with E-state index in [-0.39, 0.29) is 0 Å². The summed E-state index contributed by atoms with van der Waals surface area (Å²) in [7, 11) is 0. The highest BCUT2D eigenvalue weighted by molar-refractivity contribution is 4.83. The van der Waals surface area contributed by atoms with Gasteiger partial charge >= 0.3 is 0 Å². The monoisotopic (exact) mass is 292 g/mol.